The lowest BCUT2D eigenvalue weighted by Crippen LogP contribution is -2.09. The first-order chi connectivity index (χ1) is 6.16. The molecule has 0 aromatic carbocycles. The summed E-state index contributed by atoms with van der Waals surface area (Å²) in [7, 11) is 0. The summed E-state index contributed by atoms with van der Waals surface area (Å²) in [6.45, 7) is 0. The molecule has 0 aromatic rings. The molecule has 0 spiro atoms. The molecule has 1 heterocycles. The molecule has 0 saturated heterocycles. The summed E-state index contributed by atoms with van der Waals surface area (Å²) in [6, 6.07) is 3.17. The highest BCUT2D eigenvalue weighted by atomic mass is 16.5. The number of nitrogens with one attached hydrogen (secondary N) is 1. The second-order valence-corrected chi connectivity index (χ2v) is 2.75. The van der Waals surface area contributed by atoms with E-state index in [0.29, 0.717) is 16.9 Å². The lowest BCUT2D eigenvalue weighted by molar-refractivity contribution is 0.181. The molecule has 4 N–H and O–H groups in total. The molecule has 1 aliphatic heterocycles. The maximum atomic E-state index is 9.06. The number of fused-ring (bicyclic) bond motifs is 1. The van der Waals surface area contributed by atoms with Crippen LogP contribution in [-0.4, -0.2) is 14.9 Å². The molecule has 0 fully saturated rings. The highest BCUT2D eigenvalue weighted by Crippen LogP contribution is 2.17. The molecular formula is C8H8N4O. The van der Waals surface area contributed by atoms with Crippen molar-refractivity contribution in [3.8, 4) is 11.3 Å². The van der Waals surface area contributed by atoms with Gasteiger partial charge in [-0.05, 0) is 12.1 Å². The normalized spacial score (nSPS) is 10.5. The fraction of sp³-hybridized carbons (Fsp3) is 0. The molecule has 2 aliphatic rings. The van der Waals surface area contributed by atoms with Crippen molar-refractivity contribution in [3.05, 3.63) is 30.0 Å². The predicted octanol–water partition coefficient (Wildman–Crippen LogP) is 0.287. The number of aromatic nitrogens is 2. The van der Waals surface area contributed by atoms with Crippen LogP contribution >= 0.6 is 0 Å². The highest BCUT2D eigenvalue weighted by Gasteiger charge is 2.04. The van der Waals surface area contributed by atoms with Gasteiger partial charge in [0, 0.05) is 5.56 Å². The van der Waals surface area contributed by atoms with Gasteiger partial charge in [-0.15, -0.1) is 0 Å². The summed E-state index contributed by atoms with van der Waals surface area (Å²) in [5.74, 6) is 0. The van der Waals surface area contributed by atoms with E-state index in [1.165, 1.54) is 12.5 Å². The molecule has 0 bridgehead atoms. The van der Waals surface area contributed by atoms with Gasteiger partial charge in [0.05, 0.1) is 22.9 Å². The number of benzene rings is 1. The van der Waals surface area contributed by atoms with Gasteiger partial charge in [0.2, 0.25) is 0 Å². The van der Waals surface area contributed by atoms with Gasteiger partial charge in [0.25, 0.3) is 0 Å². The summed E-state index contributed by atoms with van der Waals surface area (Å²) < 4.78 is 0.853. The first-order valence-corrected chi connectivity index (χ1v) is 3.68. The van der Waals surface area contributed by atoms with E-state index in [1.807, 2.05) is 0 Å². The Balaban J connectivity index is 2.83. The fourth-order valence-corrected chi connectivity index (χ4v) is 1.14. The third kappa shape index (κ3) is 1.20. The van der Waals surface area contributed by atoms with E-state index in [9.17, 15) is 0 Å². The molecule has 0 radical (unpaired) electrons. The first-order valence-electron chi connectivity index (χ1n) is 3.68. The molecular weight excluding hydrogens is 168 g/mol. The number of nitrogens with two attached hydrogens (primary N) is 1. The SMILES string of the molecule is N=c1cc2ncn(O)cc-2cc1N. The van der Waals surface area contributed by atoms with E-state index >= 15 is 0 Å². The molecule has 2 rings (SSSR count). The molecule has 5 heteroatoms. The fourth-order valence-electron chi connectivity index (χ4n) is 1.14. The molecule has 66 valence electrons. The zero-order valence-electron chi connectivity index (χ0n) is 6.73. The van der Waals surface area contributed by atoms with Crippen LogP contribution in [0.3, 0.4) is 0 Å². The second kappa shape index (κ2) is 2.48. The van der Waals surface area contributed by atoms with Crippen molar-refractivity contribution in [2.75, 3.05) is 5.73 Å². The third-order valence-electron chi connectivity index (χ3n) is 1.79. The van der Waals surface area contributed by atoms with Gasteiger partial charge in [0.15, 0.2) is 0 Å². The average Bonchev–Trinajstić information content (AvgIpc) is 2.08. The zero-order chi connectivity index (χ0) is 9.42. The van der Waals surface area contributed by atoms with Crippen molar-refractivity contribution in [1.82, 2.24) is 9.71 Å². The van der Waals surface area contributed by atoms with E-state index in [1.54, 1.807) is 12.1 Å². The molecule has 5 nitrogen and oxygen atoms in total. The lowest BCUT2D eigenvalue weighted by Gasteiger charge is -2.06. The van der Waals surface area contributed by atoms with Crippen LogP contribution in [0.15, 0.2) is 24.7 Å². The smallest absolute Gasteiger partial charge is 0.132 e. The van der Waals surface area contributed by atoms with Gasteiger partial charge >= 0.3 is 0 Å². The second-order valence-electron chi connectivity index (χ2n) is 2.75. The van der Waals surface area contributed by atoms with E-state index in [2.05, 4.69) is 4.98 Å². The monoisotopic (exact) mass is 176 g/mol. The number of anilines is 1. The Kier molecular flexibility index (Phi) is 1.45. The number of rotatable bonds is 0. The largest absolute Gasteiger partial charge is 0.428 e. The van der Waals surface area contributed by atoms with Crippen molar-refractivity contribution in [3.63, 3.8) is 0 Å². The minimum atomic E-state index is 0.246. The van der Waals surface area contributed by atoms with Gasteiger partial charge < -0.3 is 10.9 Å². The van der Waals surface area contributed by atoms with Gasteiger partial charge in [-0.25, -0.2) is 4.98 Å². The number of nitrogen functional groups attached to an aromatic ring is 1. The summed E-state index contributed by atoms with van der Waals surface area (Å²) in [4.78, 5) is 3.92. The van der Waals surface area contributed by atoms with E-state index in [-0.39, 0.29) is 5.36 Å². The van der Waals surface area contributed by atoms with Crippen LogP contribution in [0.4, 0.5) is 5.69 Å². The average molecular weight is 176 g/mol. The maximum Gasteiger partial charge on any atom is 0.132 e. The van der Waals surface area contributed by atoms with Crippen LogP contribution in [0.5, 0.6) is 0 Å². The van der Waals surface area contributed by atoms with Gasteiger partial charge in [-0.2, -0.15) is 4.73 Å². The molecule has 0 saturated carbocycles. The van der Waals surface area contributed by atoms with E-state index in [0.717, 1.165) is 4.73 Å². The van der Waals surface area contributed by atoms with E-state index < -0.39 is 0 Å². The van der Waals surface area contributed by atoms with Crippen LogP contribution in [-0.2, 0) is 0 Å². The molecule has 0 aromatic heterocycles. The summed E-state index contributed by atoms with van der Waals surface area (Å²) in [5.41, 5.74) is 7.26. The molecule has 0 amide bonds. The van der Waals surface area contributed by atoms with Gasteiger partial charge in [-0.3, -0.25) is 5.41 Å². The van der Waals surface area contributed by atoms with Crippen molar-refractivity contribution >= 4 is 5.69 Å². The Labute approximate surface area is 73.9 Å². The number of hydrogen-bond donors (Lipinski definition) is 3. The number of nitrogens with zero attached hydrogens (tertiary/aromatic N) is 2. The lowest BCUT2D eigenvalue weighted by atomic mass is 10.1. The molecule has 1 aliphatic carbocycles. The van der Waals surface area contributed by atoms with Crippen LogP contribution < -0.4 is 11.1 Å². The standard InChI is InChI=1S/C8H8N4O/c9-6-1-5-3-12(13)4-11-8(5)2-7(6)10/h1-4,10,13H,9H2. The van der Waals surface area contributed by atoms with Gasteiger partial charge in [0.1, 0.15) is 6.33 Å². The summed E-state index contributed by atoms with van der Waals surface area (Å²) >= 11 is 0. The van der Waals surface area contributed by atoms with E-state index in [4.69, 9.17) is 16.4 Å². The van der Waals surface area contributed by atoms with Crippen molar-refractivity contribution in [1.29, 1.82) is 5.41 Å². The molecule has 13 heavy (non-hydrogen) atoms. The Morgan fingerprint density at radius 3 is 3.00 bits per heavy atom. The van der Waals surface area contributed by atoms with Crippen molar-refractivity contribution in [2.24, 2.45) is 0 Å². The Morgan fingerprint density at radius 1 is 1.46 bits per heavy atom. The summed E-state index contributed by atoms with van der Waals surface area (Å²) in [5, 5.41) is 16.7. The van der Waals surface area contributed by atoms with Crippen molar-refractivity contribution < 1.29 is 5.21 Å². The quantitative estimate of drug-likeness (QED) is 0.398. The first kappa shape index (κ1) is 7.60. The minimum absolute atomic E-state index is 0.246. The van der Waals surface area contributed by atoms with Crippen LogP contribution in [0.1, 0.15) is 0 Å². The van der Waals surface area contributed by atoms with Gasteiger partial charge in [-0.1, -0.05) is 0 Å². The maximum absolute atomic E-state index is 9.06. The summed E-state index contributed by atoms with van der Waals surface area (Å²) in [6.07, 6.45) is 2.75. The van der Waals surface area contributed by atoms with Crippen LogP contribution in [0, 0.1) is 5.41 Å². The Hall–Kier alpha value is -2.04. The highest BCUT2D eigenvalue weighted by molar-refractivity contribution is 5.64. The Bertz CT molecular complexity index is 476. The van der Waals surface area contributed by atoms with Crippen molar-refractivity contribution in [2.45, 2.75) is 0 Å². The molecule has 0 unspecified atom stereocenters. The van der Waals surface area contributed by atoms with Crippen LogP contribution in [0.2, 0.25) is 0 Å². The predicted molar refractivity (Wildman–Crippen MR) is 46.3 cm³/mol. The topological polar surface area (TPSA) is 87.9 Å². The third-order valence-corrected chi connectivity index (χ3v) is 1.79. The number of hydrogen-bond acceptors (Lipinski definition) is 4. The van der Waals surface area contributed by atoms with Crippen LogP contribution in [0.25, 0.3) is 11.3 Å². The minimum Gasteiger partial charge on any atom is -0.428 e. The zero-order valence-corrected chi connectivity index (χ0v) is 6.73. The Morgan fingerprint density at radius 2 is 2.23 bits per heavy atom. The molecule has 0 atom stereocenters.